The van der Waals surface area contributed by atoms with E-state index >= 15 is 0 Å². The molecule has 1 aromatic rings. The molecule has 136 valence electrons. The molecule has 3 N–H and O–H groups in total. The summed E-state index contributed by atoms with van der Waals surface area (Å²) in [6.07, 6.45) is -0.243. The fourth-order valence-electron chi connectivity index (χ4n) is 3.43. The van der Waals surface area contributed by atoms with Crippen LogP contribution >= 0.6 is 0 Å². The second kappa shape index (κ2) is 7.41. The molecule has 2 amide bonds. The number of aliphatic hydroxyl groups is 1. The molecule has 3 rings (SSSR count). The lowest BCUT2D eigenvalue weighted by Crippen LogP contribution is -2.38. The van der Waals surface area contributed by atoms with E-state index in [9.17, 15) is 14.7 Å². The third-order valence-corrected chi connectivity index (χ3v) is 4.96. The molecule has 0 aromatic heterocycles. The van der Waals surface area contributed by atoms with E-state index in [1.807, 2.05) is 25.1 Å². The lowest BCUT2D eigenvalue weighted by molar-refractivity contribution is -0.126. The second-order valence-corrected chi connectivity index (χ2v) is 6.81. The monoisotopic (exact) mass is 347 g/mol. The highest BCUT2D eigenvalue weighted by atomic mass is 16.5. The molecule has 3 unspecified atom stereocenters. The van der Waals surface area contributed by atoms with E-state index in [4.69, 9.17) is 4.74 Å². The molecule has 0 spiro atoms. The van der Waals surface area contributed by atoms with Crippen LogP contribution in [0.2, 0.25) is 0 Å². The van der Waals surface area contributed by atoms with Crippen molar-refractivity contribution in [1.29, 1.82) is 0 Å². The van der Waals surface area contributed by atoms with Crippen LogP contribution in [0.15, 0.2) is 18.2 Å². The van der Waals surface area contributed by atoms with Crippen molar-refractivity contribution in [2.45, 2.75) is 19.4 Å². The van der Waals surface area contributed by atoms with Crippen molar-refractivity contribution in [2.24, 2.45) is 11.8 Å². The number of benzene rings is 1. The number of ether oxygens (including phenoxy) is 1. The molecular weight excluding hydrogens is 322 g/mol. The van der Waals surface area contributed by atoms with Crippen LogP contribution in [-0.4, -0.2) is 56.3 Å². The molecule has 2 fully saturated rings. The predicted octanol–water partition coefficient (Wildman–Crippen LogP) is 0.0530. The molecule has 2 aliphatic rings. The number of hydrogen-bond acceptors (Lipinski definition) is 5. The number of aliphatic hydroxyl groups excluding tert-OH is 1. The molecule has 0 radical (unpaired) electrons. The van der Waals surface area contributed by atoms with Crippen LogP contribution in [0.5, 0.6) is 5.75 Å². The van der Waals surface area contributed by atoms with E-state index in [1.165, 1.54) is 0 Å². The zero-order valence-electron chi connectivity index (χ0n) is 14.6. The zero-order valence-corrected chi connectivity index (χ0v) is 14.6. The van der Waals surface area contributed by atoms with Gasteiger partial charge in [0.2, 0.25) is 11.8 Å². The molecule has 2 saturated heterocycles. The minimum atomic E-state index is -0.432. The summed E-state index contributed by atoms with van der Waals surface area (Å²) in [7, 11) is 1.57. The van der Waals surface area contributed by atoms with Gasteiger partial charge >= 0.3 is 0 Å². The summed E-state index contributed by atoms with van der Waals surface area (Å²) >= 11 is 0. The molecule has 7 heteroatoms. The fourth-order valence-corrected chi connectivity index (χ4v) is 3.43. The molecule has 25 heavy (non-hydrogen) atoms. The Hall–Kier alpha value is -2.12. The first-order valence-electron chi connectivity index (χ1n) is 8.61. The summed E-state index contributed by atoms with van der Waals surface area (Å²) in [5.74, 6) is 0.0478. The fraction of sp³-hybridized carbons (Fsp3) is 0.556. The van der Waals surface area contributed by atoms with Gasteiger partial charge < -0.3 is 25.4 Å². The topological polar surface area (TPSA) is 90.9 Å². The third kappa shape index (κ3) is 3.77. The summed E-state index contributed by atoms with van der Waals surface area (Å²) in [5, 5.41) is 15.8. The summed E-state index contributed by atoms with van der Waals surface area (Å²) in [4.78, 5) is 26.5. The highest BCUT2D eigenvalue weighted by Crippen LogP contribution is 2.33. The van der Waals surface area contributed by atoms with E-state index in [2.05, 4.69) is 10.6 Å². The number of carbonyl (C=O) groups excluding carboxylic acids is 2. The van der Waals surface area contributed by atoms with E-state index in [1.54, 1.807) is 12.0 Å². The van der Waals surface area contributed by atoms with Crippen molar-refractivity contribution < 1.29 is 19.4 Å². The van der Waals surface area contributed by atoms with Crippen LogP contribution in [0, 0.1) is 18.8 Å². The van der Waals surface area contributed by atoms with Crippen LogP contribution in [0.4, 0.5) is 5.69 Å². The molecule has 1 aromatic carbocycles. The first kappa shape index (κ1) is 17.7. The van der Waals surface area contributed by atoms with Crippen molar-refractivity contribution in [3.8, 4) is 5.75 Å². The van der Waals surface area contributed by atoms with Gasteiger partial charge in [0, 0.05) is 38.5 Å². The number of amides is 2. The number of rotatable bonds is 5. The summed E-state index contributed by atoms with van der Waals surface area (Å²) in [6.45, 7) is 3.97. The Morgan fingerprint density at radius 3 is 2.92 bits per heavy atom. The van der Waals surface area contributed by atoms with Crippen molar-refractivity contribution in [2.75, 3.05) is 38.2 Å². The van der Waals surface area contributed by atoms with Gasteiger partial charge in [0.05, 0.1) is 24.8 Å². The Labute approximate surface area is 147 Å². The molecule has 2 heterocycles. The van der Waals surface area contributed by atoms with Crippen molar-refractivity contribution in [1.82, 2.24) is 10.6 Å². The first-order valence-corrected chi connectivity index (χ1v) is 8.61. The van der Waals surface area contributed by atoms with E-state index < -0.39 is 6.10 Å². The van der Waals surface area contributed by atoms with Gasteiger partial charge in [-0.05, 0) is 24.6 Å². The van der Waals surface area contributed by atoms with Crippen LogP contribution in [0.3, 0.4) is 0 Å². The quantitative estimate of drug-likeness (QED) is 0.700. The molecule has 0 saturated carbocycles. The average Bonchev–Trinajstić information content (AvgIpc) is 3.18. The second-order valence-electron chi connectivity index (χ2n) is 6.81. The van der Waals surface area contributed by atoms with Crippen molar-refractivity contribution >= 4 is 17.5 Å². The maximum atomic E-state index is 12.4. The van der Waals surface area contributed by atoms with Crippen LogP contribution in [0.1, 0.15) is 12.0 Å². The van der Waals surface area contributed by atoms with Gasteiger partial charge in [-0.15, -0.1) is 0 Å². The number of β-amino-alcohol motifs (C(OH)–C–C–N with tert-alkyl or cyclic N) is 1. The molecule has 0 bridgehead atoms. The summed E-state index contributed by atoms with van der Waals surface area (Å²) in [5.41, 5.74) is 1.73. The molecule has 0 aliphatic carbocycles. The highest BCUT2D eigenvalue weighted by molar-refractivity contribution is 6.01. The maximum Gasteiger partial charge on any atom is 0.227 e. The van der Waals surface area contributed by atoms with Crippen LogP contribution in [-0.2, 0) is 9.59 Å². The standard InChI is InChI=1S/C18H25N3O4/c1-11-3-4-16(25-2)14(5-11)21-10-12(6-17(21)23)18(24)20-8-13-7-19-9-15(13)22/h3-5,12-13,15,19,22H,6-10H2,1-2H3,(H,20,24). The normalized spacial score (nSPS) is 26.1. The van der Waals surface area contributed by atoms with Crippen molar-refractivity contribution in [3.05, 3.63) is 23.8 Å². The molecule has 7 nitrogen and oxygen atoms in total. The predicted molar refractivity (Wildman–Crippen MR) is 93.6 cm³/mol. The highest BCUT2D eigenvalue weighted by Gasteiger charge is 2.36. The Balaban J connectivity index is 1.64. The van der Waals surface area contributed by atoms with E-state index in [0.29, 0.717) is 37.6 Å². The van der Waals surface area contributed by atoms with Crippen molar-refractivity contribution in [3.63, 3.8) is 0 Å². The number of aryl methyl sites for hydroxylation is 1. The Morgan fingerprint density at radius 1 is 1.44 bits per heavy atom. The third-order valence-electron chi connectivity index (χ3n) is 4.96. The van der Waals surface area contributed by atoms with Gasteiger partial charge in [0.1, 0.15) is 5.75 Å². The Morgan fingerprint density at radius 2 is 2.24 bits per heavy atom. The number of nitrogens with zero attached hydrogens (tertiary/aromatic N) is 1. The minimum Gasteiger partial charge on any atom is -0.495 e. The Bertz CT molecular complexity index is 664. The number of anilines is 1. The number of hydrogen-bond donors (Lipinski definition) is 3. The number of nitrogens with one attached hydrogen (secondary N) is 2. The smallest absolute Gasteiger partial charge is 0.227 e. The first-order chi connectivity index (χ1) is 12.0. The summed E-state index contributed by atoms with van der Waals surface area (Å²) < 4.78 is 5.35. The average molecular weight is 347 g/mol. The van der Waals surface area contributed by atoms with Crippen LogP contribution < -0.4 is 20.3 Å². The van der Waals surface area contributed by atoms with Crippen LogP contribution in [0.25, 0.3) is 0 Å². The lowest BCUT2D eigenvalue weighted by atomic mass is 10.0. The number of carbonyl (C=O) groups is 2. The van der Waals surface area contributed by atoms with Gasteiger partial charge in [0.25, 0.3) is 0 Å². The molecule has 3 atom stereocenters. The van der Waals surface area contributed by atoms with Gasteiger partial charge in [-0.2, -0.15) is 0 Å². The summed E-state index contributed by atoms with van der Waals surface area (Å²) in [6, 6.07) is 5.66. The minimum absolute atomic E-state index is 0.0222. The van der Waals surface area contributed by atoms with Gasteiger partial charge in [-0.25, -0.2) is 0 Å². The maximum absolute atomic E-state index is 12.4. The lowest BCUT2D eigenvalue weighted by Gasteiger charge is -2.20. The number of methoxy groups -OCH3 is 1. The largest absolute Gasteiger partial charge is 0.495 e. The van der Waals surface area contributed by atoms with Gasteiger partial charge in [-0.3, -0.25) is 9.59 Å². The molecule has 2 aliphatic heterocycles. The van der Waals surface area contributed by atoms with Gasteiger partial charge in [0.15, 0.2) is 0 Å². The van der Waals surface area contributed by atoms with Gasteiger partial charge in [-0.1, -0.05) is 6.07 Å². The Kier molecular flexibility index (Phi) is 5.24. The zero-order chi connectivity index (χ0) is 18.0. The SMILES string of the molecule is COc1ccc(C)cc1N1CC(C(=O)NCC2CNCC2O)CC1=O. The van der Waals surface area contributed by atoms with E-state index in [0.717, 1.165) is 5.56 Å². The molecular formula is C18H25N3O4. The van der Waals surface area contributed by atoms with E-state index in [-0.39, 0.29) is 30.1 Å².